The van der Waals surface area contributed by atoms with Crippen LogP contribution in [-0.4, -0.2) is 61.0 Å². The summed E-state index contributed by atoms with van der Waals surface area (Å²) < 4.78 is 5.44. The maximum atomic E-state index is 12.2. The van der Waals surface area contributed by atoms with Gasteiger partial charge in [0.25, 0.3) is 0 Å². The lowest BCUT2D eigenvalue weighted by molar-refractivity contribution is -0.117. The molecule has 1 aromatic rings. The third-order valence-electron chi connectivity index (χ3n) is 4.92. The van der Waals surface area contributed by atoms with Gasteiger partial charge in [-0.05, 0) is 56.7 Å². The lowest BCUT2D eigenvalue weighted by Gasteiger charge is -2.36. The normalized spacial score (nSPS) is 21.0. The topological polar surface area (TPSA) is 53.1 Å². The molecule has 2 fully saturated rings. The first-order chi connectivity index (χ1) is 12.8. The van der Waals surface area contributed by atoms with Gasteiger partial charge in [0.05, 0.1) is 0 Å². The number of hydrogen-bond acceptors (Lipinski definition) is 5. The molecule has 3 rings (SSSR count). The van der Waals surface area contributed by atoms with Crippen molar-refractivity contribution in [3.05, 3.63) is 24.3 Å². The average molecular weight is 392 g/mol. The minimum atomic E-state index is -0.469. The fourth-order valence-electron chi connectivity index (χ4n) is 3.47. The number of nitrogens with zero attached hydrogens (tertiary/aromatic N) is 3. The highest BCUT2D eigenvalue weighted by Gasteiger charge is 2.30. The summed E-state index contributed by atoms with van der Waals surface area (Å²) in [5.41, 5.74) is 1.59. The molecule has 0 spiro atoms. The number of carbonyl (C=O) groups excluding carboxylic acids is 2. The number of ether oxygens (including phenoxy) is 1. The number of piperazine rings is 1. The van der Waals surface area contributed by atoms with Crippen LogP contribution in [0.4, 0.5) is 16.2 Å². The third kappa shape index (κ3) is 4.89. The molecule has 2 aliphatic heterocycles. The highest BCUT2D eigenvalue weighted by molar-refractivity contribution is 7.80. The summed E-state index contributed by atoms with van der Waals surface area (Å²) in [5, 5.41) is 0. The Morgan fingerprint density at radius 2 is 1.70 bits per heavy atom. The van der Waals surface area contributed by atoms with Gasteiger partial charge < -0.3 is 19.4 Å². The van der Waals surface area contributed by atoms with Crippen molar-refractivity contribution in [3.63, 3.8) is 0 Å². The standard InChI is InChI=1S/C20H29N3O3S/c1-20(2,3)26-19(25)22-10-8-21(9-11-22)16-4-6-17(7-5-16)23-13-15(14-27)12-18(23)24/h4-7,15,27H,8-14H2,1-3H3. The molecule has 2 amide bonds. The van der Waals surface area contributed by atoms with E-state index < -0.39 is 5.60 Å². The number of anilines is 2. The lowest BCUT2D eigenvalue weighted by atomic mass is 10.1. The molecule has 6 nitrogen and oxygen atoms in total. The monoisotopic (exact) mass is 391 g/mol. The van der Waals surface area contributed by atoms with E-state index in [1.54, 1.807) is 4.90 Å². The van der Waals surface area contributed by atoms with E-state index in [2.05, 4.69) is 29.7 Å². The van der Waals surface area contributed by atoms with E-state index in [9.17, 15) is 9.59 Å². The molecule has 2 saturated heterocycles. The summed E-state index contributed by atoms with van der Waals surface area (Å²) in [6.07, 6.45) is 0.335. The van der Waals surface area contributed by atoms with Gasteiger partial charge in [-0.15, -0.1) is 0 Å². The Bertz CT molecular complexity index is 679. The van der Waals surface area contributed by atoms with Crippen molar-refractivity contribution in [2.45, 2.75) is 32.8 Å². The SMILES string of the molecule is CC(C)(C)OC(=O)N1CCN(c2ccc(N3CC(CS)CC3=O)cc2)CC1. The summed E-state index contributed by atoms with van der Waals surface area (Å²) in [6.45, 7) is 9.21. The number of amides is 2. The van der Waals surface area contributed by atoms with Gasteiger partial charge in [-0.25, -0.2) is 4.79 Å². The minimum Gasteiger partial charge on any atom is -0.444 e. The van der Waals surface area contributed by atoms with Crippen LogP contribution in [0, 0.1) is 5.92 Å². The second-order valence-corrected chi connectivity index (χ2v) is 8.59. The van der Waals surface area contributed by atoms with Crippen molar-refractivity contribution < 1.29 is 14.3 Å². The highest BCUT2D eigenvalue weighted by Crippen LogP contribution is 2.28. The first kappa shape index (κ1) is 19.9. The number of rotatable bonds is 3. The smallest absolute Gasteiger partial charge is 0.410 e. The molecule has 0 N–H and O–H groups in total. The zero-order valence-corrected chi connectivity index (χ0v) is 17.2. The maximum absolute atomic E-state index is 12.2. The van der Waals surface area contributed by atoms with E-state index >= 15 is 0 Å². The largest absolute Gasteiger partial charge is 0.444 e. The van der Waals surface area contributed by atoms with Gasteiger partial charge in [-0.1, -0.05) is 0 Å². The molecule has 0 aromatic heterocycles. The van der Waals surface area contributed by atoms with Crippen molar-refractivity contribution in [1.82, 2.24) is 4.90 Å². The van der Waals surface area contributed by atoms with Crippen LogP contribution in [0.25, 0.3) is 0 Å². The fraction of sp³-hybridized carbons (Fsp3) is 0.600. The van der Waals surface area contributed by atoms with Crippen molar-refractivity contribution >= 4 is 36.0 Å². The number of hydrogen-bond donors (Lipinski definition) is 1. The Balaban J connectivity index is 1.56. The van der Waals surface area contributed by atoms with Crippen LogP contribution in [-0.2, 0) is 9.53 Å². The quantitative estimate of drug-likeness (QED) is 0.805. The van der Waals surface area contributed by atoms with E-state index in [-0.39, 0.29) is 12.0 Å². The molecular formula is C20H29N3O3S. The average Bonchev–Trinajstić information content (AvgIpc) is 3.01. The molecule has 7 heteroatoms. The van der Waals surface area contributed by atoms with E-state index in [0.29, 0.717) is 25.4 Å². The molecule has 0 saturated carbocycles. The Morgan fingerprint density at radius 3 is 2.22 bits per heavy atom. The molecule has 1 unspecified atom stereocenters. The summed E-state index contributed by atoms with van der Waals surface area (Å²) in [6, 6.07) is 8.13. The van der Waals surface area contributed by atoms with Crippen molar-refractivity contribution in [2.24, 2.45) is 5.92 Å². The third-order valence-corrected chi connectivity index (χ3v) is 5.44. The van der Waals surface area contributed by atoms with E-state index in [1.165, 1.54) is 0 Å². The molecule has 1 atom stereocenters. The van der Waals surface area contributed by atoms with Gasteiger partial charge in [0, 0.05) is 50.5 Å². The van der Waals surface area contributed by atoms with E-state index in [0.717, 1.165) is 36.8 Å². The van der Waals surface area contributed by atoms with E-state index in [1.807, 2.05) is 37.8 Å². The lowest BCUT2D eigenvalue weighted by Crippen LogP contribution is -2.50. The number of benzene rings is 1. The predicted molar refractivity (Wildman–Crippen MR) is 111 cm³/mol. The Labute approximate surface area is 166 Å². The van der Waals surface area contributed by atoms with Gasteiger partial charge in [0.2, 0.25) is 5.91 Å². The fourth-order valence-corrected chi connectivity index (χ4v) is 3.72. The molecule has 148 valence electrons. The first-order valence-corrected chi connectivity index (χ1v) is 10.1. The first-order valence-electron chi connectivity index (χ1n) is 9.51. The van der Waals surface area contributed by atoms with Gasteiger partial charge >= 0.3 is 6.09 Å². The number of carbonyl (C=O) groups is 2. The second kappa shape index (κ2) is 8.00. The Hall–Kier alpha value is -1.89. The van der Waals surface area contributed by atoms with Gasteiger partial charge in [0.1, 0.15) is 5.60 Å². The highest BCUT2D eigenvalue weighted by atomic mass is 32.1. The molecule has 2 aliphatic rings. The van der Waals surface area contributed by atoms with Gasteiger partial charge in [-0.2, -0.15) is 12.6 Å². The summed E-state index contributed by atoms with van der Waals surface area (Å²) in [5.74, 6) is 1.25. The van der Waals surface area contributed by atoms with Crippen LogP contribution < -0.4 is 9.80 Å². The van der Waals surface area contributed by atoms with Crippen molar-refractivity contribution in [1.29, 1.82) is 0 Å². The van der Waals surface area contributed by atoms with Crippen molar-refractivity contribution in [2.75, 3.05) is 48.3 Å². The van der Waals surface area contributed by atoms with Crippen LogP contribution in [0.15, 0.2) is 24.3 Å². The molecule has 0 aliphatic carbocycles. The summed E-state index contributed by atoms with van der Waals surface area (Å²) in [7, 11) is 0. The van der Waals surface area contributed by atoms with Crippen LogP contribution in [0.5, 0.6) is 0 Å². The van der Waals surface area contributed by atoms with Gasteiger partial charge in [-0.3, -0.25) is 4.79 Å². The zero-order valence-electron chi connectivity index (χ0n) is 16.4. The molecule has 0 radical (unpaired) electrons. The number of thiol groups is 1. The summed E-state index contributed by atoms with van der Waals surface area (Å²) in [4.78, 5) is 30.2. The predicted octanol–water partition coefficient (Wildman–Crippen LogP) is 3.03. The van der Waals surface area contributed by atoms with Crippen LogP contribution >= 0.6 is 12.6 Å². The maximum Gasteiger partial charge on any atom is 0.410 e. The molecular weight excluding hydrogens is 362 g/mol. The van der Waals surface area contributed by atoms with Crippen LogP contribution in [0.1, 0.15) is 27.2 Å². The van der Waals surface area contributed by atoms with Crippen molar-refractivity contribution in [3.8, 4) is 0 Å². The molecule has 1 aromatic carbocycles. The van der Waals surface area contributed by atoms with Crippen LogP contribution in [0.2, 0.25) is 0 Å². The zero-order chi connectivity index (χ0) is 19.6. The summed E-state index contributed by atoms with van der Waals surface area (Å²) >= 11 is 4.32. The van der Waals surface area contributed by atoms with Crippen LogP contribution in [0.3, 0.4) is 0 Å². The Morgan fingerprint density at radius 1 is 1.11 bits per heavy atom. The van der Waals surface area contributed by atoms with Gasteiger partial charge in [0.15, 0.2) is 0 Å². The minimum absolute atomic E-state index is 0.174. The second-order valence-electron chi connectivity index (χ2n) is 8.23. The Kier molecular flexibility index (Phi) is 5.89. The molecule has 27 heavy (non-hydrogen) atoms. The molecule has 2 heterocycles. The molecule has 0 bridgehead atoms. The van der Waals surface area contributed by atoms with E-state index in [4.69, 9.17) is 4.74 Å².